The van der Waals surface area contributed by atoms with Crippen LogP contribution in [0, 0.1) is 0 Å². The highest BCUT2D eigenvalue weighted by atomic mass is 16.5. The Bertz CT molecular complexity index is 614. The van der Waals surface area contributed by atoms with Gasteiger partial charge in [-0.15, -0.1) is 6.58 Å². The Hall–Kier alpha value is -1.70. The summed E-state index contributed by atoms with van der Waals surface area (Å²) in [7, 11) is 1.73. The van der Waals surface area contributed by atoms with Crippen LogP contribution in [0.1, 0.15) is 48.4 Å². The van der Waals surface area contributed by atoms with Gasteiger partial charge in [-0.05, 0) is 32.1 Å². The van der Waals surface area contributed by atoms with Crippen LogP contribution in [0.2, 0.25) is 0 Å². The summed E-state index contributed by atoms with van der Waals surface area (Å²) in [5.41, 5.74) is 0.164. The molecule has 0 atom stereocenters. The van der Waals surface area contributed by atoms with Gasteiger partial charge in [0, 0.05) is 39.4 Å². The lowest BCUT2D eigenvalue weighted by molar-refractivity contribution is -0.0498. The molecule has 1 amide bonds. The van der Waals surface area contributed by atoms with E-state index in [4.69, 9.17) is 9.26 Å². The number of hydrogen-bond donors (Lipinski definition) is 1. The van der Waals surface area contributed by atoms with Crippen molar-refractivity contribution in [3.63, 3.8) is 0 Å². The fraction of sp³-hybridized carbons (Fsp3) is 0.684. The molecule has 2 fully saturated rings. The molecule has 0 bridgehead atoms. The molecule has 1 N–H and O–H groups in total. The van der Waals surface area contributed by atoms with Crippen molar-refractivity contribution in [3.8, 4) is 0 Å². The second-order valence-corrected chi connectivity index (χ2v) is 7.36. The Kier molecular flexibility index (Phi) is 6.11. The average Bonchev–Trinajstić information content (AvgIpc) is 3.12. The van der Waals surface area contributed by atoms with Crippen molar-refractivity contribution in [3.05, 3.63) is 30.2 Å². The van der Waals surface area contributed by atoms with Crippen LogP contribution in [0.4, 0.5) is 0 Å². The van der Waals surface area contributed by atoms with Crippen molar-refractivity contribution in [2.75, 3.05) is 33.3 Å². The van der Waals surface area contributed by atoms with Crippen molar-refractivity contribution in [2.45, 2.75) is 50.4 Å². The molecule has 26 heavy (non-hydrogen) atoms. The van der Waals surface area contributed by atoms with Crippen LogP contribution in [0.5, 0.6) is 0 Å². The number of nitrogens with zero attached hydrogens (tertiary/aromatic N) is 3. The Morgan fingerprint density at radius 3 is 2.73 bits per heavy atom. The maximum Gasteiger partial charge on any atom is 0.276 e. The molecule has 0 aliphatic carbocycles. The van der Waals surface area contributed by atoms with Crippen molar-refractivity contribution in [1.29, 1.82) is 0 Å². The molecule has 7 heteroatoms. The van der Waals surface area contributed by atoms with E-state index in [9.17, 15) is 9.90 Å². The minimum Gasteiger partial charge on any atom is -0.393 e. The summed E-state index contributed by atoms with van der Waals surface area (Å²) < 4.78 is 11.0. The molecule has 2 aliphatic heterocycles. The van der Waals surface area contributed by atoms with Crippen molar-refractivity contribution < 1.29 is 19.2 Å². The lowest BCUT2D eigenvalue weighted by Crippen LogP contribution is -2.47. The van der Waals surface area contributed by atoms with E-state index in [1.165, 1.54) is 0 Å². The molecule has 2 aliphatic rings. The molecule has 0 saturated carbocycles. The van der Waals surface area contributed by atoms with Crippen LogP contribution in [-0.2, 0) is 11.3 Å². The molecular formula is C19H29N3O4. The monoisotopic (exact) mass is 363 g/mol. The first kappa shape index (κ1) is 19.1. The Morgan fingerprint density at radius 2 is 2.12 bits per heavy atom. The average molecular weight is 363 g/mol. The Labute approximate surface area is 154 Å². The van der Waals surface area contributed by atoms with E-state index in [1.807, 2.05) is 11.0 Å². The molecular weight excluding hydrogens is 334 g/mol. The molecule has 0 radical (unpaired) electrons. The van der Waals surface area contributed by atoms with E-state index in [2.05, 4.69) is 16.6 Å². The van der Waals surface area contributed by atoms with Crippen molar-refractivity contribution >= 4 is 5.91 Å². The zero-order valence-electron chi connectivity index (χ0n) is 15.5. The molecule has 3 rings (SSSR count). The van der Waals surface area contributed by atoms with E-state index >= 15 is 0 Å². The van der Waals surface area contributed by atoms with Crippen molar-refractivity contribution in [1.82, 2.24) is 15.0 Å². The van der Waals surface area contributed by atoms with Gasteiger partial charge in [-0.25, -0.2) is 0 Å². The highest BCUT2D eigenvalue weighted by molar-refractivity contribution is 5.92. The molecule has 0 spiro atoms. The third-order valence-corrected chi connectivity index (χ3v) is 5.63. The fourth-order valence-electron chi connectivity index (χ4n) is 3.82. The second-order valence-electron chi connectivity index (χ2n) is 7.36. The predicted octanol–water partition coefficient (Wildman–Crippen LogP) is 1.83. The first-order valence-corrected chi connectivity index (χ1v) is 9.36. The molecule has 3 heterocycles. The molecule has 0 aromatic carbocycles. The smallest absolute Gasteiger partial charge is 0.276 e. The number of piperidine rings is 2. The third kappa shape index (κ3) is 4.34. The second kappa shape index (κ2) is 8.33. The molecule has 2 saturated heterocycles. The number of aliphatic hydroxyl groups is 1. The summed E-state index contributed by atoms with van der Waals surface area (Å²) in [6.45, 7) is 7.38. The normalized spacial score (nSPS) is 21.7. The highest BCUT2D eigenvalue weighted by Gasteiger charge is 2.35. The van der Waals surface area contributed by atoms with Gasteiger partial charge in [-0.2, -0.15) is 0 Å². The van der Waals surface area contributed by atoms with Gasteiger partial charge in [-0.1, -0.05) is 11.2 Å². The van der Waals surface area contributed by atoms with Gasteiger partial charge in [0.05, 0.1) is 18.2 Å². The topological polar surface area (TPSA) is 79.0 Å². The molecule has 1 aromatic rings. The molecule has 1 aromatic heterocycles. The Balaban J connectivity index is 1.54. The number of likely N-dealkylation sites (tertiary alicyclic amines) is 2. The Morgan fingerprint density at radius 1 is 1.42 bits per heavy atom. The molecule has 7 nitrogen and oxygen atoms in total. The van der Waals surface area contributed by atoms with Gasteiger partial charge in [-0.3, -0.25) is 9.69 Å². The van der Waals surface area contributed by atoms with Gasteiger partial charge >= 0.3 is 0 Å². The van der Waals surface area contributed by atoms with E-state index < -0.39 is 0 Å². The SMILES string of the molecule is C=CCC1(OC)CCN(C(=O)c2cc(CN3CCC(O)CC3)on2)CC1. The van der Waals surface area contributed by atoms with E-state index in [-0.39, 0.29) is 17.6 Å². The first-order valence-electron chi connectivity index (χ1n) is 9.36. The maximum atomic E-state index is 12.7. The van der Waals surface area contributed by atoms with Gasteiger partial charge in [0.15, 0.2) is 11.5 Å². The molecule has 0 unspecified atom stereocenters. The first-order chi connectivity index (χ1) is 12.5. The number of aromatic nitrogens is 1. The van der Waals surface area contributed by atoms with Crippen LogP contribution in [0.25, 0.3) is 0 Å². The van der Waals surface area contributed by atoms with Gasteiger partial charge in [0.2, 0.25) is 0 Å². The van der Waals surface area contributed by atoms with Gasteiger partial charge < -0.3 is 19.3 Å². The van der Waals surface area contributed by atoms with Crippen LogP contribution in [-0.4, -0.2) is 71.0 Å². The molecule has 144 valence electrons. The number of amides is 1. The number of methoxy groups -OCH3 is 1. The summed E-state index contributed by atoms with van der Waals surface area (Å²) in [5.74, 6) is 0.608. The number of aliphatic hydroxyl groups excluding tert-OH is 1. The lowest BCUT2D eigenvalue weighted by Gasteiger charge is -2.40. The summed E-state index contributed by atoms with van der Waals surface area (Å²) in [6.07, 6.45) is 5.62. The van der Waals surface area contributed by atoms with Gasteiger partial charge in [0.25, 0.3) is 5.91 Å². The lowest BCUT2D eigenvalue weighted by atomic mass is 9.88. The largest absolute Gasteiger partial charge is 0.393 e. The summed E-state index contributed by atoms with van der Waals surface area (Å²) in [6, 6.07) is 1.75. The van der Waals surface area contributed by atoms with Crippen LogP contribution >= 0.6 is 0 Å². The number of rotatable bonds is 6. The van der Waals surface area contributed by atoms with Crippen molar-refractivity contribution in [2.24, 2.45) is 0 Å². The van der Waals surface area contributed by atoms with Crippen LogP contribution in [0.15, 0.2) is 23.2 Å². The van der Waals surface area contributed by atoms with E-state index in [1.54, 1.807) is 13.2 Å². The van der Waals surface area contributed by atoms with Crippen LogP contribution < -0.4 is 0 Å². The zero-order chi connectivity index (χ0) is 18.6. The number of ether oxygens (including phenoxy) is 1. The predicted molar refractivity (Wildman–Crippen MR) is 96.7 cm³/mol. The fourth-order valence-corrected chi connectivity index (χ4v) is 3.82. The summed E-state index contributed by atoms with van der Waals surface area (Å²) in [5, 5.41) is 13.6. The van der Waals surface area contributed by atoms with Crippen LogP contribution in [0.3, 0.4) is 0 Å². The number of carbonyl (C=O) groups is 1. The minimum atomic E-state index is -0.202. The number of hydrogen-bond acceptors (Lipinski definition) is 6. The van der Waals surface area contributed by atoms with E-state index in [0.717, 1.165) is 45.2 Å². The summed E-state index contributed by atoms with van der Waals surface area (Å²) in [4.78, 5) is 16.7. The van der Waals surface area contributed by atoms with E-state index in [0.29, 0.717) is 31.1 Å². The number of carbonyl (C=O) groups excluding carboxylic acids is 1. The summed E-state index contributed by atoms with van der Waals surface area (Å²) >= 11 is 0. The quantitative estimate of drug-likeness (QED) is 0.777. The maximum absolute atomic E-state index is 12.7. The third-order valence-electron chi connectivity index (χ3n) is 5.63. The standard InChI is InChI=1S/C19H29N3O4/c1-3-6-19(25-2)7-11-22(12-8-19)18(24)17-13-16(26-20-17)14-21-9-4-15(23)5-10-21/h3,13,15,23H,1,4-12,14H2,2H3. The highest BCUT2D eigenvalue weighted by Crippen LogP contribution is 2.30. The zero-order valence-corrected chi connectivity index (χ0v) is 15.5. The van der Waals surface area contributed by atoms with Gasteiger partial charge in [0.1, 0.15) is 0 Å². The minimum absolute atomic E-state index is 0.0858.